The van der Waals surface area contributed by atoms with Crippen molar-refractivity contribution in [2.75, 3.05) is 5.32 Å². The number of aryl methyl sites for hydroxylation is 1. The highest BCUT2D eigenvalue weighted by Gasteiger charge is 2.35. The molecule has 6 heteroatoms. The van der Waals surface area contributed by atoms with Crippen LogP contribution in [0.5, 0.6) is 0 Å². The summed E-state index contributed by atoms with van der Waals surface area (Å²) in [5.74, 6) is -2.53. The number of nitrogens with one attached hydrogen (secondary N) is 1. The maximum absolute atomic E-state index is 13.3. The summed E-state index contributed by atoms with van der Waals surface area (Å²) < 4.78 is 34.5. The van der Waals surface area contributed by atoms with E-state index in [1.807, 2.05) is 31.4 Å². The fourth-order valence-corrected chi connectivity index (χ4v) is 3.99. The van der Waals surface area contributed by atoms with Gasteiger partial charge in [-0.1, -0.05) is 12.1 Å². The molecule has 1 aliphatic carbocycles. The van der Waals surface area contributed by atoms with Crippen molar-refractivity contribution in [2.24, 2.45) is 7.05 Å². The molecule has 2 heterocycles. The number of hydrogen-bond donors (Lipinski definition) is 1. The van der Waals surface area contributed by atoms with Gasteiger partial charge in [-0.3, -0.25) is 0 Å². The first-order valence-corrected chi connectivity index (χ1v) is 9.57. The van der Waals surface area contributed by atoms with Gasteiger partial charge in [0.2, 0.25) is 5.92 Å². The van der Waals surface area contributed by atoms with Gasteiger partial charge in [-0.2, -0.15) is 4.98 Å². The monoisotopic (exact) mass is 381 g/mol. The molecule has 1 aliphatic rings. The van der Waals surface area contributed by atoms with Crippen molar-refractivity contribution in [3.05, 3.63) is 48.7 Å². The fourth-order valence-electron chi connectivity index (χ4n) is 3.99. The lowest BCUT2D eigenvalue weighted by Crippen LogP contribution is -2.32. The number of nitrogens with zero attached hydrogens (tertiary/aromatic N) is 2. The number of alkyl halides is 2. The van der Waals surface area contributed by atoms with Crippen molar-refractivity contribution in [1.29, 1.82) is 0 Å². The van der Waals surface area contributed by atoms with Crippen molar-refractivity contribution in [2.45, 2.75) is 37.6 Å². The van der Waals surface area contributed by atoms with Crippen LogP contribution >= 0.6 is 0 Å². The Morgan fingerprint density at radius 1 is 1.07 bits per heavy atom. The van der Waals surface area contributed by atoms with Crippen molar-refractivity contribution < 1.29 is 13.2 Å². The molecule has 0 spiro atoms. The average molecular weight is 381 g/mol. The van der Waals surface area contributed by atoms with Crippen molar-refractivity contribution in [3.63, 3.8) is 0 Å². The lowest BCUT2D eigenvalue weighted by Gasteiger charge is -2.28. The first kappa shape index (κ1) is 17.2. The molecule has 1 saturated carbocycles. The maximum Gasteiger partial charge on any atom is 0.295 e. The molecule has 28 heavy (non-hydrogen) atoms. The molecule has 0 unspecified atom stereocenters. The predicted molar refractivity (Wildman–Crippen MR) is 107 cm³/mol. The van der Waals surface area contributed by atoms with Crippen LogP contribution in [-0.4, -0.2) is 21.5 Å². The molecule has 1 fully saturated rings. The smallest absolute Gasteiger partial charge is 0.295 e. The summed E-state index contributed by atoms with van der Waals surface area (Å²) in [5, 5.41) is 4.37. The van der Waals surface area contributed by atoms with Crippen LogP contribution in [0.25, 0.3) is 33.1 Å². The van der Waals surface area contributed by atoms with Crippen molar-refractivity contribution in [3.8, 4) is 11.1 Å². The molecule has 4 nitrogen and oxygen atoms in total. The highest BCUT2D eigenvalue weighted by atomic mass is 19.3. The van der Waals surface area contributed by atoms with Gasteiger partial charge in [0.1, 0.15) is 5.52 Å². The van der Waals surface area contributed by atoms with Crippen LogP contribution in [0.2, 0.25) is 0 Å². The Labute approximate surface area is 161 Å². The van der Waals surface area contributed by atoms with Gasteiger partial charge in [0.25, 0.3) is 6.01 Å². The molecule has 0 atom stereocenters. The SMILES string of the molecule is Cn1ccc2cc(-c3ccc4oc(NC5CCC(F)(F)CC5)nc4c3)ccc21. The summed E-state index contributed by atoms with van der Waals surface area (Å²) >= 11 is 0. The van der Waals surface area contributed by atoms with Gasteiger partial charge in [-0.15, -0.1) is 0 Å². The van der Waals surface area contributed by atoms with Crippen LogP contribution in [0.3, 0.4) is 0 Å². The van der Waals surface area contributed by atoms with Crippen molar-refractivity contribution in [1.82, 2.24) is 9.55 Å². The molecule has 2 aromatic heterocycles. The van der Waals surface area contributed by atoms with Crippen LogP contribution in [0.1, 0.15) is 25.7 Å². The zero-order valence-electron chi connectivity index (χ0n) is 15.6. The molecule has 2 aromatic carbocycles. The van der Waals surface area contributed by atoms with Crippen molar-refractivity contribution >= 4 is 28.0 Å². The molecular weight excluding hydrogens is 360 g/mol. The Balaban J connectivity index is 1.40. The Morgan fingerprint density at radius 2 is 1.82 bits per heavy atom. The summed E-state index contributed by atoms with van der Waals surface area (Å²) in [6.07, 6.45) is 2.73. The topological polar surface area (TPSA) is 43.0 Å². The number of rotatable bonds is 3. The minimum atomic E-state index is -2.53. The van der Waals surface area contributed by atoms with Crippen LogP contribution in [-0.2, 0) is 7.05 Å². The van der Waals surface area contributed by atoms with Gasteiger partial charge in [-0.25, -0.2) is 8.78 Å². The normalized spacial score (nSPS) is 17.4. The van der Waals surface area contributed by atoms with E-state index < -0.39 is 5.92 Å². The molecule has 4 aromatic rings. The molecule has 0 amide bonds. The summed E-state index contributed by atoms with van der Waals surface area (Å²) in [5.41, 5.74) is 4.82. The number of hydrogen-bond acceptors (Lipinski definition) is 3. The largest absolute Gasteiger partial charge is 0.424 e. The zero-order chi connectivity index (χ0) is 19.3. The number of fused-ring (bicyclic) bond motifs is 2. The standard InChI is InChI=1S/C22H21F2N3O/c1-27-11-8-16-12-14(2-4-19(16)27)15-3-5-20-18(13-15)26-21(28-20)25-17-6-9-22(23,24)10-7-17/h2-5,8,11-13,17H,6-7,9-10H2,1H3,(H,25,26). The molecule has 0 saturated heterocycles. The quantitative estimate of drug-likeness (QED) is 0.475. The van der Waals surface area contributed by atoms with E-state index in [1.165, 1.54) is 10.9 Å². The van der Waals surface area contributed by atoms with Gasteiger partial charge in [-0.05, 0) is 54.3 Å². The number of oxazole rings is 1. The second-order valence-corrected chi connectivity index (χ2v) is 7.68. The minimum absolute atomic E-state index is 0.0207. The lowest BCUT2D eigenvalue weighted by atomic mass is 9.92. The molecule has 0 bridgehead atoms. The maximum atomic E-state index is 13.3. The van der Waals surface area contributed by atoms with Crippen LogP contribution in [0.15, 0.2) is 53.1 Å². The van der Waals surface area contributed by atoms with E-state index in [0.717, 1.165) is 16.6 Å². The van der Waals surface area contributed by atoms with E-state index in [1.54, 1.807) is 0 Å². The molecular formula is C22H21F2N3O. The predicted octanol–water partition coefficient (Wildman–Crippen LogP) is 5.98. The second-order valence-electron chi connectivity index (χ2n) is 7.68. The van der Waals surface area contributed by atoms with E-state index in [0.29, 0.717) is 24.4 Å². The van der Waals surface area contributed by atoms with Gasteiger partial charge >= 0.3 is 0 Å². The molecule has 0 radical (unpaired) electrons. The summed E-state index contributed by atoms with van der Waals surface area (Å²) in [7, 11) is 2.03. The number of aromatic nitrogens is 2. The van der Waals surface area contributed by atoms with E-state index in [9.17, 15) is 8.78 Å². The van der Waals surface area contributed by atoms with Gasteiger partial charge in [0.15, 0.2) is 5.58 Å². The third-order valence-corrected chi connectivity index (χ3v) is 5.65. The van der Waals surface area contributed by atoms with Crippen LogP contribution in [0.4, 0.5) is 14.8 Å². The van der Waals surface area contributed by atoms with Gasteiger partial charge in [0, 0.05) is 43.0 Å². The lowest BCUT2D eigenvalue weighted by molar-refractivity contribution is -0.0362. The minimum Gasteiger partial charge on any atom is -0.424 e. The number of anilines is 1. The third-order valence-electron chi connectivity index (χ3n) is 5.65. The fraction of sp³-hybridized carbons (Fsp3) is 0.318. The Bertz CT molecular complexity index is 1150. The average Bonchev–Trinajstić information content (AvgIpc) is 3.25. The second kappa shape index (κ2) is 6.33. The summed E-state index contributed by atoms with van der Waals surface area (Å²) in [4.78, 5) is 4.53. The zero-order valence-corrected chi connectivity index (χ0v) is 15.6. The summed E-state index contributed by atoms with van der Waals surface area (Å²) in [6.45, 7) is 0. The van der Waals surface area contributed by atoms with E-state index in [2.05, 4.69) is 39.1 Å². The highest BCUT2D eigenvalue weighted by molar-refractivity contribution is 5.88. The van der Waals surface area contributed by atoms with E-state index in [-0.39, 0.29) is 18.9 Å². The Kier molecular flexibility index (Phi) is 3.89. The Hall–Kier alpha value is -2.89. The first-order valence-electron chi connectivity index (χ1n) is 9.57. The van der Waals surface area contributed by atoms with Gasteiger partial charge in [0.05, 0.1) is 0 Å². The van der Waals surface area contributed by atoms with E-state index in [4.69, 9.17) is 4.42 Å². The molecule has 144 valence electrons. The number of halogens is 2. The van der Waals surface area contributed by atoms with Crippen LogP contribution < -0.4 is 5.32 Å². The van der Waals surface area contributed by atoms with E-state index >= 15 is 0 Å². The molecule has 5 rings (SSSR count). The third kappa shape index (κ3) is 3.13. The Morgan fingerprint density at radius 3 is 2.64 bits per heavy atom. The van der Waals surface area contributed by atoms with Crippen LogP contribution in [0, 0.1) is 0 Å². The highest BCUT2D eigenvalue weighted by Crippen LogP contribution is 2.35. The number of benzene rings is 2. The first-order chi connectivity index (χ1) is 13.5. The van der Waals surface area contributed by atoms with Gasteiger partial charge < -0.3 is 14.3 Å². The molecule has 1 N–H and O–H groups in total. The molecule has 0 aliphatic heterocycles. The summed E-state index contributed by atoms with van der Waals surface area (Å²) in [6, 6.07) is 14.8.